The summed E-state index contributed by atoms with van der Waals surface area (Å²) in [5.41, 5.74) is 0.309. The summed E-state index contributed by atoms with van der Waals surface area (Å²) in [6.45, 7) is 0. The summed E-state index contributed by atoms with van der Waals surface area (Å²) < 4.78 is 0. The quantitative estimate of drug-likeness (QED) is 0.729. The Hall–Kier alpha value is -2.42. The number of carboxylic acids is 1. The number of aromatic nitrogens is 1. The van der Waals surface area contributed by atoms with Crippen molar-refractivity contribution >= 4 is 11.9 Å². The Bertz CT molecular complexity index is 453. The van der Waals surface area contributed by atoms with Crippen molar-refractivity contribution in [3.63, 3.8) is 0 Å². The third kappa shape index (κ3) is 4.22. The Morgan fingerprint density at radius 3 is 2.89 bits per heavy atom. The number of pyridine rings is 1. The first-order valence-corrected chi connectivity index (χ1v) is 5.46. The normalized spacial score (nSPS) is 11.3. The molecule has 0 bridgehead atoms. The molecule has 6 nitrogen and oxygen atoms in total. The molecule has 2 N–H and O–H groups in total. The topological polar surface area (TPSA) is 103 Å². The number of carbonyl (C=O) groups excluding carboxylic acids is 1. The van der Waals surface area contributed by atoms with Crippen molar-refractivity contribution in [2.45, 2.75) is 25.3 Å². The fraction of sp³-hybridized carbons (Fsp3) is 0.333. The molecule has 94 valence electrons. The van der Waals surface area contributed by atoms with E-state index in [1.165, 1.54) is 12.4 Å². The fourth-order valence-corrected chi connectivity index (χ4v) is 1.38. The van der Waals surface area contributed by atoms with Gasteiger partial charge < -0.3 is 10.4 Å². The Morgan fingerprint density at radius 2 is 2.33 bits per heavy atom. The van der Waals surface area contributed by atoms with Gasteiger partial charge in [0.2, 0.25) is 0 Å². The number of nitrogens with one attached hydrogen (secondary N) is 1. The summed E-state index contributed by atoms with van der Waals surface area (Å²) in [6.07, 6.45) is 3.82. The van der Waals surface area contributed by atoms with Gasteiger partial charge in [-0.25, -0.2) is 4.79 Å². The number of rotatable bonds is 6. The van der Waals surface area contributed by atoms with Crippen molar-refractivity contribution in [1.29, 1.82) is 5.26 Å². The van der Waals surface area contributed by atoms with Gasteiger partial charge in [-0.15, -0.1) is 0 Å². The van der Waals surface area contributed by atoms with Crippen molar-refractivity contribution < 1.29 is 14.7 Å². The van der Waals surface area contributed by atoms with Crippen LogP contribution in [0.1, 0.15) is 29.6 Å². The monoisotopic (exact) mass is 247 g/mol. The SMILES string of the molecule is N#CCCC[C@@H](NC(=O)c1cccnc1)C(=O)O. The number of nitrogens with zero attached hydrogens (tertiary/aromatic N) is 2. The van der Waals surface area contributed by atoms with E-state index in [0.29, 0.717) is 12.0 Å². The van der Waals surface area contributed by atoms with E-state index in [1.807, 2.05) is 6.07 Å². The van der Waals surface area contributed by atoms with Crippen LogP contribution in [0.2, 0.25) is 0 Å². The second-order valence-electron chi connectivity index (χ2n) is 3.66. The minimum absolute atomic E-state index is 0.231. The third-order valence-electron chi connectivity index (χ3n) is 2.31. The number of hydrogen-bond acceptors (Lipinski definition) is 4. The highest BCUT2D eigenvalue weighted by atomic mass is 16.4. The second-order valence-corrected chi connectivity index (χ2v) is 3.66. The molecular weight excluding hydrogens is 234 g/mol. The molecule has 1 heterocycles. The molecule has 0 fully saturated rings. The molecule has 0 saturated carbocycles. The average molecular weight is 247 g/mol. The molecule has 0 spiro atoms. The molecule has 0 radical (unpaired) electrons. The smallest absolute Gasteiger partial charge is 0.326 e. The molecular formula is C12H13N3O3. The van der Waals surface area contributed by atoms with Gasteiger partial charge in [0.25, 0.3) is 5.91 Å². The molecule has 0 aliphatic carbocycles. The van der Waals surface area contributed by atoms with E-state index < -0.39 is 17.9 Å². The number of hydrogen-bond donors (Lipinski definition) is 2. The summed E-state index contributed by atoms with van der Waals surface area (Å²) in [5, 5.41) is 19.7. The van der Waals surface area contributed by atoms with Crippen molar-refractivity contribution in [1.82, 2.24) is 10.3 Å². The minimum Gasteiger partial charge on any atom is -0.480 e. The number of aliphatic carboxylic acids is 1. The molecule has 1 atom stereocenters. The van der Waals surface area contributed by atoms with Gasteiger partial charge in [-0.3, -0.25) is 9.78 Å². The lowest BCUT2D eigenvalue weighted by atomic mass is 10.1. The van der Waals surface area contributed by atoms with E-state index in [0.717, 1.165) is 0 Å². The number of carboxylic acid groups (broad SMARTS) is 1. The van der Waals surface area contributed by atoms with Crippen molar-refractivity contribution in [3.8, 4) is 6.07 Å². The Balaban J connectivity index is 2.59. The van der Waals surface area contributed by atoms with E-state index in [2.05, 4.69) is 10.3 Å². The first-order valence-electron chi connectivity index (χ1n) is 5.46. The lowest BCUT2D eigenvalue weighted by Gasteiger charge is -2.13. The maximum atomic E-state index is 11.7. The Morgan fingerprint density at radius 1 is 1.56 bits per heavy atom. The molecule has 0 aliphatic rings. The third-order valence-corrected chi connectivity index (χ3v) is 2.31. The lowest BCUT2D eigenvalue weighted by molar-refractivity contribution is -0.139. The second kappa shape index (κ2) is 7.01. The van der Waals surface area contributed by atoms with Gasteiger partial charge in [0, 0.05) is 18.8 Å². The molecule has 1 aromatic rings. The summed E-state index contributed by atoms with van der Waals surface area (Å²) in [7, 11) is 0. The van der Waals surface area contributed by atoms with Crippen LogP contribution in [-0.4, -0.2) is 28.0 Å². The number of unbranched alkanes of at least 4 members (excludes halogenated alkanes) is 1. The van der Waals surface area contributed by atoms with Gasteiger partial charge in [0.1, 0.15) is 6.04 Å². The van der Waals surface area contributed by atoms with Crippen LogP contribution in [0.5, 0.6) is 0 Å². The van der Waals surface area contributed by atoms with Gasteiger partial charge in [-0.1, -0.05) is 0 Å². The first kappa shape index (κ1) is 13.6. The Kier molecular flexibility index (Phi) is 5.32. The lowest BCUT2D eigenvalue weighted by Crippen LogP contribution is -2.40. The zero-order valence-corrected chi connectivity index (χ0v) is 9.67. The van der Waals surface area contributed by atoms with Crippen LogP contribution in [0.3, 0.4) is 0 Å². The van der Waals surface area contributed by atoms with Crippen LogP contribution in [0.15, 0.2) is 24.5 Å². The number of nitriles is 1. The van der Waals surface area contributed by atoms with Crippen LogP contribution >= 0.6 is 0 Å². The van der Waals surface area contributed by atoms with Crippen LogP contribution in [0.25, 0.3) is 0 Å². The molecule has 1 aromatic heterocycles. The van der Waals surface area contributed by atoms with Gasteiger partial charge in [-0.05, 0) is 25.0 Å². The maximum Gasteiger partial charge on any atom is 0.326 e. The highest BCUT2D eigenvalue weighted by molar-refractivity contribution is 5.96. The summed E-state index contributed by atoms with van der Waals surface area (Å²) in [6, 6.07) is 4.10. The molecule has 6 heteroatoms. The molecule has 1 amide bonds. The van der Waals surface area contributed by atoms with E-state index in [9.17, 15) is 9.59 Å². The number of amides is 1. The zero-order valence-electron chi connectivity index (χ0n) is 9.67. The van der Waals surface area contributed by atoms with E-state index in [-0.39, 0.29) is 12.8 Å². The average Bonchev–Trinajstić information content (AvgIpc) is 2.38. The summed E-state index contributed by atoms with van der Waals surface area (Å²) >= 11 is 0. The standard InChI is InChI=1S/C12H13N3O3/c13-6-2-1-5-10(12(17)18)15-11(16)9-4-3-7-14-8-9/h3-4,7-8,10H,1-2,5H2,(H,15,16)(H,17,18)/t10-/m1/s1. The summed E-state index contributed by atoms with van der Waals surface area (Å²) in [5.74, 6) is -1.59. The van der Waals surface area contributed by atoms with Gasteiger partial charge >= 0.3 is 5.97 Å². The fourth-order valence-electron chi connectivity index (χ4n) is 1.38. The predicted molar refractivity (Wildman–Crippen MR) is 62.6 cm³/mol. The van der Waals surface area contributed by atoms with Crippen LogP contribution < -0.4 is 5.32 Å². The van der Waals surface area contributed by atoms with Crippen LogP contribution in [-0.2, 0) is 4.79 Å². The molecule has 0 aromatic carbocycles. The molecule has 18 heavy (non-hydrogen) atoms. The Labute approximate surface area is 104 Å². The maximum absolute atomic E-state index is 11.7. The van der Waals surface area contributed by atoms with Gasteiger partial charge in [0.15, 0.2) is 0 Å². The van der Waals surface area contributed by atoms with E-state index in [4.69, 9.17) is 10.4 Å². The van der Waals surface area contributed by atoms with Crippen molar-refractivity contribution in [2.24, 2.45) is 0 Å². The minimum atomic E-state index is -1.11. The van der Waals surface area contributed by atoms with Crippen molar-refractivity contribution in [2.75, 3.05) is 0 Å². The first-order chi connectivity index (χ1) is 8.65. The van der Waals surface area contributed by atoms with E-state index >= 15 is 0 Å². The van der Waals surface area contributed by atoms with E-state index in [1.54, 1.807) is 12.1 Å². The molecule has 0 saturated heterocycles. The molecule has 1 rings (SSSR count). The largest absolute Gasteiger partial charge is 0.480 e. The van der Waals surface area contributed by atoms with Gasteiger partial charge in [0.05, 0.1) is 11.6 Å². The van der Waals surface area contributed by atoms with Gasteiger partial charge in [-0.2, -0.15) is 5.26 Å². The number of carbonyl (C=O) groups is 2. The molecule has 0 aliphatic heterocycles. The van der Waals surface area contributed by atoms with Crippen LogP contribution in [0.4, 0.5) is 0 Å². The molecule has 0 unspecified atom stereocenters. The highest BCUT2D eigenvalue weighted by Crippen LogP contribution is 2.03. The zero-order chi connectivity index (χ0) is 13.4. The highest BCUT2D eigenvalue weighted by Gasteiger charge is 2.20. The van der Waals surface area contributed by atoms with Crippen LogP contribution in [0, 0.1) is 11.3 Å². The predicted octanol–water partition coefficient (Wildman–Crippen LogP) is 0.958. The van der Waals surface area contributed by atoms with Crippen molar-refractivity contribution in [3.05, 3.63) is 30.1 Å². The summed E-state index contributed by atoms with van der Waals surface area (Å²) in [4.78, 5) is 26.4.